The third-order valence-electron chi connectivity index (χ3n) is 3.99. The van der Waals surface area contributed by atoms with Crippen molar-refractivity contribution in [3.63, 3.8) is 0 Å². The van der Waals surface area contributed by atoms with Crippen LogP contribution in [0.5, 0.6) is 17.2 Å². The molecule has 25 heavy (non-hydrogen) atoms. The molecule has 0 saturated heterocycles. The zero-order chi connectivity index (χ0) is 18.3. The summed E-state index contributed by atoms with van der Waals surface area (Å²) in [6, 6.07) is 3.07. The monoisotopic (exact) mass is 419 g/mol. The molecule has 0 amide bonds. The molecule has 2 aliphatic rings. The van der Waals surface area contributed by atoms with Gasteiger partial charge >= 0.3 is 0 Å². The summed E-state index contributed by atoms with van der Waals surface area (Å²) in [6.07, 6.45) is 5.06. The van der Waals surface area contributed by atoms with Crippen LogP contribution in [0.15, 0.2) is 27.6 Å². The molecule has 0 bridgehead atoms. The van der Waals surface area contributed by atoms with Crippen LogP contribution in [0.4, 0.5) is 0 Å². The number of phenols is 3. The maximum atomic E-state index is 12.1. The molecular weight excluding hydrogens is 406 g/mol. The fourth-order valence-electron chi connectivity index (χ4n) is 2.41. The lowest BCUT2D eigenvalue weighted by molar-refractivity contribution is 0.401. The highest BCUT2D eigenvalue weighted by molar-refractivity contribution is 9.10. The maximum absolute atomic E-state index is 12.1. The van der Waals surface area contributed by atoms with E-state index in [9.17, 15) is 20.1 Å². The fraction of sp³-hybridized carbons (Fsp3) is 0.111. The van der Waals surface area contributed by atoms with Crippen molar-refractivity contribution in [1.82, 2.24) is 4.98 Å². The largest absolute Gasteiger partial charge is 0.504 e. The van der Waals surface area contributed by atoms with Crippen molar-refractivity contribution < 1.29 is 15.3 Å². The number of aromatic nitrogens is 1. The van der Waals surface area contributed by atoms with Crippen LogP contribution in [0.2, 0.25) is 0 Å². The van der Waals surface area contributed by atoms with Crippen molar-refractivity contribution >= 4 is 39.4 Å². The third kappa shape index (κ3) is 3.12. The average Bonchev–Trinajstić information content (AvgIpc) is 2.60. The van der Waals surface area contributed by atoms with Gasteiger partial charge in [0.15, 0.2) is 17.2 Å². The Hall–Kier alpha value is -2.38. The number of nitrogens with zero attached hydrogens (tertiary/aromatic N) is 1. The zero-order valence-corrected chi connectivity index (χ0v) is 15.8. The number of halogens is 1. The van der Waals surface area contributed by atoms with Gasteiger partial charge < -0.3 is 15.3 Å². The predicted octanol–water partition coefficient (Wildman–Crippen LogP) is 4.27. The highest BCUT2D eigenvalue weighted by atomic mass is 79.9. The van der Waals surface area contributed by atoms with Gasteiger partial charge in [0.1, 0.15) is 5.01 Å². The number of rotatable bonds is 2. The standard InChI is InChI=1S/C18H14BrNO4S/c1-8-9(2)15(22)17(24)18-11(8)7-20-14(25-18)4-3-10-5-12(19)16(23)13(21)6-10/h3-7,21,23-24H,1-2H3/b4-3+. The molecule has 1 heterocycles. The maximum Gasteiger partial charge on any atom is 0.224 e. The van der Waals surface area contributed by atoms with E-state index in [-0.39, 0.29) is 22.7 Å². The summed E-state index contributed by atoms with van der Waals surface area (Å²) in [5.74, 6) is -0.711. The molecule has 3 N–H and O–H groups in total. The van der Waals surface area contributed by atoms with Gasteiger partial charge in [-0.25, -0.2) is 4.98 Å². The predicted molar refractivity (Wildman–Crippen MR) is 103 cm³/mol. The van der Waals surface area contributed by atoms with E-state index in [1.54, 1.807) is 31.3 Å². The van der Waals surface area contributed by atoms with Crippen LogP contribution in [0.25, 0.3) is 22.6 Å². The molecule has 0 fully saturated rings. The van der Waals surface area contributed by atoms with Gasteiger partial charge in [-0.05, 0) is 59.1 Å². The first-order valence-electron chi connectivity index (χ1n) is 7.31. The van der Waals surface area contributed by atoms with Gasteiger partial charge in [-0.15, -0.1) is 11.3 Å². The zero-order valence-electron chi connectivity index (χ0n) is 13.4. The smallest absolute Gasteiger partial charge is 0.224 e. The Morgan fingerprint density at radius 2 is 1.80 bits per heavy atom. The molecular formula is C18H14BrNO4S. The van der Waals surface area contributed by atoms with Crippen LogP contribution >= 0.6 is 27.3 Å². The van der Waals surface area contributed by atoms with Gasteiger partial charge in [-0.1, -0.05) is 6.08 Å². The lowest BCUT2D eigenvalue weighted by Gasteiger charge is -2.12. The quantitative estimate of drug-likeness (QED) is 0.539. The SMILES string of the molecule is Cc1c2cnc(/C=C/c3cc(O)c(O)c(Br)c3)sc-2c(O)c(=O)c1C. The molecule has 1 aliphatic heterocycles. The number of aromatic hydroxyl groups is 3. The number of hydrogen-bond acceptors (Lipinski definition) is 6. The van der Waals surface area contributed by atoms with E-state index < -0.39 is 0 Å². The van der Waals surface area contributed by atoms with Gasteiger partial charge in [-0.3, -0.25) is 4.79 Å². The normalized spacial score (nSPS) is 11.5. The van der Waals surface area contributed by atoms with E-state index in [1.165, 1.54) is 17.4 Å². The molecule has 0 radical (unpaired) electrons. The van der Waals surface area contributed by atoms with Crippen molar-refractivity contribution in [2.24, 2.45) is 0 Å². The summed E-state index contributed by atoms with van der Waals surface area (Å²) in [5, 5.41) is 29.9. The van der Waals surface area contributed by atoms with E-state index in [1.807, 2.05) is 6.92 Å². The van der Waals surface area contributed by atoms with Gasteiger partial charge in [0.25, 0.3) is 0 Å². The number of fused-ring (bicyclic) bond motifs is 1. The minimum atomic E-state index is -0.366. The summed E-state index contributed by atoms with van der Waals surface area (Å²) in [5.41, 5.74) is 2.37. The van der Waals surface area contributed by atoms with Crippen LogP contribution in [-0.4, -0.2) is 20.3 Å². The molecule has 1 aromatic carbocycles. The third-order valence-corrected chi connectivity index (χ3v) is 5.67. The molecule has 128 valence electrons. The molecule has 0 aromatic heterocycles. The lowest BCUT2D eigenvalue weighted by Crippen LogP contribution is -2.09. The molecule has 3 rings (SSSR count). The Labute approximate surface area is 156 Å². The van der Waals surface area contributed by atoms with Crippen LogP contribution in [-0.2, 0) is 0 Å². The van der Waals surface area contributed by atoms with Crippen molar-refractivity contribution in [2.45, 2.75) is 13.8 Å². The first kappa shape index (κ1) is 17.4. The lowest BCUT2D eigenvalue weighted by atomic mass is 10.0. The van der Waals surface area contributed by atoms with Crippen molar-refractivity contribution in [1.29, 1.82) is 0 Å². The van der Waals surface area contributed by atoms with Crippen LogP contribution in [0.3, 0.4) is 0 Å². The Morgan fingerprint density at radius 1 is 1.08 bits per heavy atom. The molecule has 1 aromatic rings. The van der Waals surface area contributed by atoms with Crippen LogP contribution in [0.1, 0.15) is 21.7 Å². The van der Waals surface area contributed by atoms with E-state index in [0.29, 0.717) is 25.5 Å². The Morgan fingerprint density at radius 3 is 2.48 bits per heavy atom. The van der Waals surface area contributed by atoms with E-state index in [0.717, 1.165) is 11.1 Å². The van der Waals surface area contributed by atoms with E-state index >= 15 is 0 Å². The minimum absolute atomic E-state index is 0.220. The highest BCUT2D eigenvalue weighted by Gasteiger charge is 2.18. The van der Waals surface area contributed by atoms with Crippen LogP contribution < -0.4 is 5.43 Å². The highest BCUT2D eigenvalue weighted by Crippen LogP contribution is 2.37. The van der Waals surface area contributed by atoms with Crippen molar-refractivity contribution in [3.8, 4) is 27.7 Å². The van der Waals surface area contributed by atoms with Gasteiger partial charge in [0.05, 0.1) is 9.35 Å². The molecule has 0 unspecified atom stereocenters. The molecule has 1 aliphatic carbocycles. The summed E-state index contributed by atoms with van der Waals surface area (Å²) >= 11 is 4.37. The first-order valence-corrected chi connectivity index (χ1v) is 8.92. The molecule has 5 nitrogen and oxygen atoms in total. The van der Waals surface area contributed by atoms with Crippen LogP contribution in [0, 0.1) is 13.8 Å². The first-order chi connectivity index (χ1) is 11.8. The summed E-state index contributed by atoms with van der Waals surface area (Å²) in [7, 11) is 0. The summed E-state index contributed by atoms with van der Waals surface area (Å²) in [6.45, 7) is 3.52. The van der Waals surface area contributed by atoms with Crippen molar-refractivity contribution in [3.05, 3.63) is 54.7 Å². The van der Waals surface area contributed by atoms with E-state index in [2.05, 4.69) is 20.9 Å². The molecule has 0 saturated carbocycles. The average molecular weight is 420 g/mol. The Balaban J connectivity index is 2.06. The summed E-state index contributed by atoms with van der Waals surface area (Å²) < 4.78 is 0.377. The van der Waals surface area contributed by atoms with Gasteiger partial charge in [0, 0.05) is 17.3 Å². The number of benzene rings is 2. The second kappa shape index (κ2) is 6.50. The molecule has 7 heteroatoms. The molecule has 0 spiro atoms. The van der Waals surface area contributed by atoms with E-state index in [4.69, 9.17) is 0 Å². The Kier molecular flexibility index (Phi) is 4.53. The number of hydrogen-bond donors (Lipinski definition) is 3. The van der Waals surface area contributed by atoms with Gasteiger partial charge in [0.2, 0.25) is 5.43 Å². The van der Waals surface area contributed by atoms with Crippen molar-refractivity contribution in [2.75, 3.05) is 0 Å². The van der Waals surface area contributed by atoms with Gasteiger partial charge in [-0.2, -0.15) is 0 Å². The minimum Gasteiger partial charge on any atom is -0.504 e. The molecule has 0 atom stereocenters. The second-order valence-corrected chi connectivity index (χ2v) is 7.46. The fourth-order valence-corrected chi connectivity index (χ4v) is 3.84. The Bertz CT molecular complexity index is 1020. The number of phenolic OH excluding ortho intramolecular Hbond substituents is 3. The topological polar surface area (TPSA) is 90.7 Å². The summed E-state index contributed by atoms with van der Waals surface area (Å²) in [4.78, 5) is 16.9. The second-order valence-electron chi connectivity index (χ2n) is 5.57.